The molecule has 1 aromatic carbocycles. The van der Waals surface area contributed by atoms with Crippen LogP contribution in [-0.2, 0) is 4.79 Å². The Morgan fingerprint density at radius 3 is 2.39 bits per heavy atom. The first-order valence-corrected chi connectivity index (χ1v) is 6.55. The molecule has 0 heterocycles. The van der Waals surface area contributed by atoms with Crippen LogP contribution in [0.4, 0.5) is 5.69 Å². The minimum atomic E-state index is 0.131. The lowest BCUT2D eigenvalue weighted by Gasteiger charge is -2.26. The van der Waals surface area contributed by atoms with Crippen molar-refractivity contribution in [3.05, 3.63) is 30.3 Å². The maximum absolute atomic E-state index is 12.0. The van der Waals surface area contributed by atoms with E-state index in [1.54, 1.807) is 0 Å². The van der Waals surface area contributed by atoms with Crippen LogP contribution in [-0.4, -0.2) is 30.4 Å². The molecule has 0 fully saturated rings. The molecule has 0 saturated carbocycles. The van der Waals surface area contributed by atoms with E-state index in [0.29, 0.717) is 12.5 Å². The lowest BCUT2D eigenvalue weighted by molar-refractivity contribution is -0.130. The van der Waals surface area contributed by atoms with E-state index in [1.807, 2.05) is 42.3 Å². The fraction of sp³-hybridized carbons (Fsp3) is 0.533. The first-order chi connectivity index (χ1) is 8.50. The lowest BCUT2D eigenvalue weighted by Crippen LogP contribution is -2.39. The number of carbonyl (C=O) groups is 1. The van der Waals surface area contributed by atoms with Crippen molar-refractivity contribution in [1.29, 1.82) is 0 Å². The van der Waals surface area contributed by atoms with Crippen LogP contribution in [0, 0.1) is 5.92 Å². The van der Waals surface area contributed by atoms with Gasteiger partial charge in [0.15, 0.2) is 0 Å². The zero-order chi connectivity index (χ0) is 13.5. The maximum Gasteiger partial charge on any atom is 0.241 e. The Morgan fingerprint density at radius 1 is 1.22 bits per heavy atom. The largest absolute Gasteiger partial charge is 0.376 e. The zero-order valence-electron chi connectivity index (χ0n) is 11.8. The van der Waals surface area contributed by atoms with Crippen LogP contribution in [0.3, 0.4) is 0 Å². The molecular formula is C15H24N2O. The summed E-state index contributed by atoms with van der Waals surface area (Å²) in [7, 11) is 1.88. The Balaban J connectivity index is 2.40. The maximum atomic E-state index is 12.0. The average Bonchev–Trinajstić information content (AvgIpc) is 2.35. The summed E-state index contributed by atoms with van der Waals surface area (Å²) < 4.78 is 0. The van der Waals surface area contributed by atoms with Gasteiger partial charge in [0.2, 0.25) is 5.91 Å². The highest BCUT2D eigenvalue weighted by atomic mass is 16.2. The first kappa shape index (κ1) is 14.6. The molecule has 0 spiro atoms. The van der Waals surface area contributed by atoms with Crippen molar-refractivity contribution in [2.75, 3.05) is 18.9 Å². The molecule has 1 aromatic rings. The minimum absolute atomic E-state index is 0.131. The van der Waals surface area contributed by atoms with Gasteiger partial charge in [-0.25, -0.2) is 0 Å². The van der Waals surface area contributed by atoms with Gasteiger partial charge in [0.25, 0.3) is 0 Å². The van der Waals surface area contributed by atoms with Gasteiger partial charge in [0, 0.05) is 18.8 Å². The van der Waals surface area contributed by atoms with Crippen molar-refractivity contribution in [3.8, 4) is 0 Å². The van der Waals surface area contributed by atoms with Crippen molar-refractivity contribution < 1.29 is 4.79 Å². The number of likely N-dealkylation sites (N-methyl/N-ethyl adjacent to an activating group) is 1. The second-order valence-electron chi connectivity index (χ2n) is 5.20. The molecule has 3 heteroatoms. The Bertz CT molecular complexity index is 362. The van der Waals surface area contributed by atoms with Crippen LogP contribution in [0.15, 0.2) is 30.3 Å². The van der Waals surface area contributed by atoms with E-state index in [4.69, 9.17) is 0 Å². The Hall–Kier alpha value is -1.51. The number of nitrogens with one attached hydrogen (secondary N) is 1. The third-order valence-electron chi connectivity index (χ3n) is 3.08. The number of nitrogens with zero attached hydrogens (tertiary/aromatic N) is 1. The van der Waals surface area contributed by atoms with E-state index in [2.05, 4.69) is 26.1 Å². The molecule has 1 atom stereocenters. The molecule has 0 aromatic heterocycles. The molecule has 1 amide bonds. The van der Waals surface area contributed by atoms with Crippen LogP contribution in [0.1, 0.15) is 27.2 Å². The van der Waals surface area contributed by atoms with Crippen LogP contribution in [0.5, 0.6) is 0 Å². The summed E-state index contributed by atoms with van der Waals surface area (Å²) in [5.74, 6) is 0.740. The predicted molar refractivity (Wildman–Crippen MR) is 76.6 cm³/mol. The second-order valence-corrected chi connectivity index (χ2v) is 5.20. The van der Waals surface area contributed by atoms with Crippen molar-refractivity contribution in [1.82, 2.24) is 4.90 Å². The van der Waals surface area contributed by atoms with Crippen molar-refractivity contribution in [2.45, 2.75) is 33.2 Å². The molecule has 1 N–H and O–H groups in total. The van der Waals surface area contributed by atoms with Crippen molar-refractivity contribution in [3.63, 3.8) is 0 Å². The van der Waals surface area contributed by atoms with Crippen LogP contribution < -0.4 is 5.32 Å². The molecule has 0 aliphatic rings. The summed E-state index contributed by atoms with van der Waals surface area (Å²) in [4.78, 5) is 13.8. The van der Waals surface area contributed by atoms with Crippen molar-refractivity contribution >= 4 is 11.6 Å². The standard InChI is InChI=1S/C15H24N2O/c1-12(2)10-13(3)17(4)15(18)11-16-14-8-6-5-7-9-14/h5-9,12-13,16H,10-11H2,1-4H3. The number of rotatable bonds is 6. The molecule has 0 aliphatic heterocycles. The highest BCUT2D eigenvalue weighted by molar-refractivity contribution is 5.80. The normalized spacial score (nSPS) is 12.3. The summed E-state index contributed by atoms with van der Waals surface area (Å²) in [5.41, 5.74) is 0.982. The van der Waals surface area contributed by atoms with Crippen LogP contribution in [0.25, 0.3) is 0 Å². The van der Waals surface area contributed by atoms with E-state index in [1.165, 1.54) is 0 Å². The fourth-order valence-electron chi connectivity index (χ4n) is 1.94. The van der Waals surface area contributed by atoms with Crippen molar-refractivity contribution in [2.24, 2.45) is 5.92 Å². The smallest absolute Gasteiger partial charge is 0.241 e. The number of amides is 1. The monoisotopic (exact) mass is 248 g/mol. The first-order valence-electron chi connectivity index (χ1n) is 6.55. The summed E-state index contributed by atoms with van der Waals surface area (Å²) in [6, 6.07) is 10.1. The Morgan fingerprint density at radius 2 is 1.83 bits per heavy atom. The number of benzene rings is 1. The molecule has 1 unspecified atom stereocenters. The number of anilines is 1. The molecule has 0 bridgehead atoms. The fourth-order valence-corrected chi connectivity index (χ4v) is 1.94. The minimum Gasteiger partial charge on any atom is -0.376 e. The van der Waals surface area contributed by atoms with E-state index in [-0.39, 0.29) is 11.9 Å². The third kappa shape index (κ3) is 4.78. The molecule has 3 nitrogen and oxygen atoms in total. The van der Waals surface area contributed by atoms with Crippen LogP contribution >= 0.6 is 0 Å². The van der Waals surface area contributed by atoms with E-state index in [9.17, 15) is 4.79 Å². The quantitative estimate of drug-likeness (QED) is 0.839. The van der Waals surface area contributed by atoms with Gasteiger partial charge >= 0.3 is 0 Å². The number of carbonyl (C=O) groups excluding carboxylic acids is 1. The van der Waals surface area contributed by atoms with E-state index >= 15 is 0 Å². The Labute approximate surface area is 110 Å². The lowest BCUT2D eigenvalue weighted by atomic mass is 10.0. The Kier molecular flexibility index (Phi) is 5.69. The zero-order valence-corrected chi connectivity index (χ0v) is 11.8. The van der Waals surface area contributed by atoms with E-state index in [0.717, 1.165) is 12.1 Å². The number of hydrogen-bond donors (Lipinski definition) is 1. The SMILES string of the molecule is CC(C)CC(C)N(C)C(=O)CNc1ccccc1. The molecular weight excluding hydrogens is 224 g/mol. The van der Waals surface area contributed by atoms with Gasteiger partial charge < -0.3 is 10.2 Å². The molecule has 18 heavy (non-hydrogen) atoms. The number of para-hydroxylation sites is 1. The second kappa shape index (κ2) is 7.04. The molecule has 1 rings (SSSR count). The molecule has 0 radical (unpaired) electrons. The third-order valence-corrected chi connectivity index (χ3v) is 3.08. The predicted octanol–water partition coefficient (Wildman–Crippen LogP) is 2.99. The highest BCUT2D eigenvalue weighted by Gasteiger charge is 2.16. The topological polar surface area (TPSA) is 32.3 Å². The van der Waals surface area contributed by atoms with E-state index < -0.39 is 0 Å². The summed E-state index contributed by atoms with van der Waals surface area (Å²) in [6.45, 7) is 6.80. The number of hydrogen-bond acceptors (Lipinski definition) is 2. The summed E-state index contributed by atoms with van der Waals surface area (Å²) in [6.07, 6.45) is 1.04. The van der Waals surface area contributed by atoms with Gasteiger partial charge in [-0.05, 0) is 31.4 Å². The summed E-state index contributed by atoms with van der Waals surface area (Å²) >= 11 is 0. The van der Waals surface area contributed by atoms with Crippen LogP contribution in [0.2, 0.25) is 0 Å². The molecule has 0 saturated heterocycles. The van der Waals surface area contributed by atoms with Gasteiger partial charge in [0.05, 0.1) is 6.54 Å². The highest BCUT2D eigenvalue weighted by Crippen LogP contribution is 2.10. The molecule has 0 aliphatic carbocycles. The van der Waals surface area contributed by atoms with Gasteiger partial charge in [0.1, 0.15) is 0 Å². The van der Waals surface area contributed by atoms with Gasteiger partial charge in [-0.2, -0.15) is 0 Å². The average molecular weight is 248 g/mol. The van der Waals surface area contributed by atoms with Gasteiger partial charge in [-0.3, -0.25) is 4.79 Å². The van der Waals surface area contributed by atoms with Gasteiger partial charge in [-0.15, -0.1) is 0 Å². The molecule has 100 valence electrons. The van der Waals surface area contributed by atoms with Gasteiger partial charge in [-0.1, -0.05) is 32.0 Å². The summed E-state index contributed by atoms with van der Waals surface area (Å²) in [5, 5.41) is 3.14.